The van der Waals surface area contributed by atoms with Crippen LogP contribution in [0.2, 0.25) is 0 Å². The Hall–Kier alpha value is -1.51. The molecule has 1 fully saturated rings. The van der Waals surface area contributed by atoms with Crippen LogP contribution in [0.3, 0.4) is 0 Å². The summed E-state index contributed by atoms with van der Waals surface area (Å²) in [6.07, 6.45) is 6.26. The van der Waals surface area contributed by atoms with E-state index >= 15 is 0 Å². The molecule has 0 aromatic heterocycles. The summed E-state index contributed by atoms with van der Waals surface area (Å²) in [6.45, 7) is 2.29. The van der Waals surface area contributed by atoms with E-state index in [4.69, 9.17) is 5.73 Å². The smallest absolute Gasteiger partial charge is 0.222 e. The summed E-state index contributed by atoms with van der Waals surface area (Å²) in [5, 5.41) is 0. The zero-order chi connectivity index (χ0) is 14.5. The van der Waals surface area contributed by atoms with Gasteiger partial charge in [-0.1, -0.05) is 31.9 Å². The van der Waals surface area contributed by atoms with Gasteiger partial charge >= 0.3 is 0 Å². The van der Waals surface area contributed by atoms with Crippen molar-refractivity contribution in [2.75, 3.05) is 12.8 Å². The van der Waals surface area contributed by atoms with Crippen molar-refractivity contribution in [2.45, 2.75) is 51.5 Å². The van der Waals surface area contributed by atoms with Crippen LogP contribution in [0.15, 0.2) is 24.3 Å². The number of anilines is 1. The van der Waals surface area contributed by atoms with Crippen LogP contribution in [0, 0.1) is 5.92 Å². The third kappa shape index (κ3) is 3.99. The molecule has 2 N–H and O–H groups in total. The highest BCUT2D eigenvalue weighted by Gasteiger charge is 2.24. The topological polar surface area (TPSA) is 46.3 Å². The minimum absolute atomic E-state index is 0.265. The third-order valence-electron chi connectivity index (χ3n) is 4.46. The third-order valence-corrected chi connectivity index (χ3v) is 4.46. The molecule has 3 heteroatoms. The Kier molecular flexibility index (Phi) is 5.05. The molecule has 20 heavy (non-hydrogen) atoms. The molecule has 0 saturated heterocycles. The number of hydrogen-bond acceptors (Lipinski definition) is 2. The van der Waals surface area contributed by atoms with Crippen LogP contribution in [-0.4, -0.2) is 23.9 Å². The molecule has 3 nitrogen and oxygen atoms in total. The van der Waals surface area contributed by atoms with Gasteiger partial charge in [0.25, 0.3) is 0 Å². The highest BCUT2D eigenvalue weighted by molar-refractivity contribution is 5.76. The van der Waals surface area contributed by atoms with Crippen molar-refractivity contribution in [3.05, 3.63) is 29.8 Å². The maximum atomic E-state index is 12.3. The summed E-state index contributed by atoms with van der Waals surface area (Å²) in [5.74, 6) is 1.02. The van der Waals surface area contributed by atoms with Gasteiger partial charge in [-0.05, 0) is 42.9 Å². The van der Waals surface area contributed by atoms with E-state index in [0.29, 0.717) is 12.5 Å². The summed E-state index contributed by atoms with van der Waals surface area (Å²) in [5.41, 5.74) is 7.62. The van der Waals surface area contributed by atoms with Crippen LogP contribution in [0.25, 0.3) is 0 Å². The zero-order valence-corrected chi connectivity index (χ0v) is 12.6. The minimum Gasteiger partial charge on any atom is -0.399 e. The monoisotopic (exact) mass is 274 g/mol. The van der Waals surface area contributed by atoms with Crippen molar-refractivity contribution >= 4 is 11.6 Å². The predicted octanol–water partition coefficient (Wildman–Crippen LogP) is 3.24. The average Bonchev–Trinajstić information content (AvgIpc) is 2.45. The van der Waals surface area contributed by atoms with Crippen LogP contribution >= 0.6 is 0 Å². The molecule has 1 aromatic rings. The first-order valence-electron chi connectivity index (χ1n) is 7.66. The van der Waals surface area contributed by atoms with E-state index in [1.54, 1.807) is 0 Å². The fourth-order valence-electron chi connectivity index (χ4n) is 3.07. The van der Waals surface area contributed by atoms with E-state index < -0.39 is 0 Å². The SMILES string of the molecule is CC1CCCC(N(C)C(=O)CCc2ccc(N)cc2)C1. The summed E-state index contributed by atoms with van der Waals surface area (Å²) < 4.78 is 0. The number of nitrogen functional groups attached to an aromatic ring is 1. The lowest BCUT2D eigenvalue weighted by Crippen LogP contribution is -2.39. The van der Waals surface area contributed by atoms with Gasteiger partial charge in [0.15, 0.2) is 0 Å². The molecule has 1 amide bonds. The summed E-state index contributed by atoms with van der Waals surface area (Å²) in [4.78, 5) is 14.3. The van der Waals surface area contributed by atoms with E-state index in [2.05, 4.69) is 6.92 Å². The second kappa shape index (κ2) is 6.78. The maximum Gasteiger partial charge on any atom is 0.222 e. The summed E-state index contributed by atoms with van der Waals surface area (Å²) >= 11 is 0. The van der Waals surface area contributed by atoms with E-state index in [-0.39, 0.29) is 5.91 Å². The molecule has 2 atom stereocenters. The van der Waals surface area contributed by atoms with E-state index in [1.807, 2.05) is 36.2 Å². The van der Waals surface area contributed by atoms with Crippen molar-refractivity contribution in [1.82, 2.24) is 4.90 Å². The van der Waals surface area contributed by atoms with Gasteiger partial charge in [-0.15, -0.1) is 0 Å². The second-order valence-corrected chi connectivity index (χ2v) is 6.17. The Morgan fingerprint density at radius 2 is 2.00 bits per heavy atom. The zero-order valence-electron chi connectivity index (χ0n) is 12.6. The van der Waals surface area contributed by atoms with Gasteiger partial charge in [0.2, 0.25) is 5.91 Å². The molecule has 110 valence electrons. The first-order chi connectivity index (χ1) is 9.56. The highest BCUT2D eigenvalue weighted by Crippen LogP contribution is 2.27. The van der Waals surface area contributed by atoms with E-state index in [9.17, 15) is 4.79 Å². The number of amides is 1. The van der Waals surface area contributed by atoms with Crippen LogP contribution in [0.4, 0.5) is 5.69 Å². The summed E-state index contributed by atoms with van der Waals surface area (Å²) in [7, 11) is 1.97. The first-order valence-corrected chi connectivity index (χ1v) is 7.66. The van der Waals surface area contributed by atoms with Gasteiger partial charge in [-0.25, -0.2) is 0 Å². The molecule has 1 aliphatic carbocycles. The molecule has 0 aliphatic heterocycles. The fourth-order valence-corrected chi connectivity index (χ4v) is 3.07. The lowest BCUT2D eigenvalue weighted by molar-refractivity contribution is -0.132. The maximum absolute atomic E-state index is 12.3. The lowest BCUT2D eigenvalue weighted by atomic mass is 9.86. The van der Waals surface area contributed by atoms with Gasteiger partial charge in [-0.3, -0.25) is 4.79 Å². The number of benzene rings is 1. The van der Waals surface area contributed by atoms with Crippen molar-refractivity contribution in [3.8, 4) is 0 Å². The van der Waals surface area contributed by atoms with Crippen molar-refractivity contribution < 1.29 is 4.79 Å². The first kappa shape index (κ1) is 14.9. The quantitative estimate of drug-likeness (QED) is 0.857. The molecular weight excluding hydrogens is 248 g/mol. The molecule has 2 rings (SSSR count). The number of carbonyl (C=O) groups excluding carboxylic acids is 1. The Morgan fingerprint density at radius 3 is 2.65 bits per heavy atom. The molecule has 1 aliphatic rings. The molecule has 0 spiro atoms. The number of nitrogens with two attached hydrogens (primary N) is 1. The number of rotatable bonds is 4. The Balaban J connectivity index is 1.83. The lowest BCUT2D eigenvalue weighted by Gasteiger charge is -2.34. The van der Waals surface area contributed by atoms with Gasteiger partial charge < -0.3 is 10.6 Å². The molecule has 0 heterocycles. The van der Waals surface area contributed by atoms with E-state index in [1.165, 1.54) is 18.4 Å². The number of carbonyl (C=O) groups is 1. The summed E-state index contributed by atoms with van der Waals surface area (Å²) in [6, 6.07) is 8.24. The van der Waals surface area contributed by atoms with Crippen LogP contribution in [0.5, 0.6) is 0 Å². The Morgan fingerprint density at radius 1 is 1.30 bits per heavy atom. The van der Waals surface area contributed by atoms with Gasteiger partial charge in [0.05, 0.1) is 0 Å². The van der Waals surface area contributed by atoms with Crippen molar-refractivity contribution in [1.29, 1.82) is 0 Å². The molecule has 0 bridgehead atoms. The van der Waals surface area contributed by atoms with Crippen molar-refractivity contribution in [3.63, 3.8) is 0 Å². The van der Waals surface area contributed by atoms with Crippen molar-refractivity contribution in [2.24, 2.45) is 5.92 Å². The normalized spacial score (nSPS) is 22.5. The molecule has 0 radical (unpaired) electrons. The standard InChI is InChI=1S/C17H26N2O/c1-13-4-3-5-16(12-13)19(2)17(20)11-8-14-6-9-15(18)10-7-14/h6-7,9-10,13,16H,3-5,8,11-12,18H2,1-2H3. The van der Waals surface area contributed by atoms with Crippen LogP contribution in [0.1, 0.15) is 44.6 Å². The average molecular weight is 274 g/mol. The van der Waals surface area contributed by atoms with Gasteiger partial charge in [-0.2, -0.15) is 0 Å². The predicted molar refractivity (Wildman–Crippen MR) is 83.4 cm³/mol. The number of nitrogens with zero attached hydrogens (tertiary/aromatic N) is 1. The van der Waals surface area contributed by atoms with Crippen LogP contribution in [-0.2, 0) is 11.2 Å². The van der Waals surface area contributed by atoms with E-state index in [0.717, 1.165) is 30.9 Å². The van der Waals surface area contributed by atoms with Crippen LogP contribution < -0.4 is 5.73 Å². The number of hydrogen-bond donors (Lipinski definition) is 1. The number of aryl methyl sites for hydroxylation is 1. The minimum atomic E-state index is 0.265. The fraction of sp³-hybridized carbons (Fsp3) is 0.588. The van der Waals surface area contributed by atoms with Gasteiger partial charge in [0.1, 0.15) is 0 Å². The molecule has 1 aromatic carbocycles. The Bertz CT molecular complexity index is 441. The van der Waals surface area contributed by atoms with Gasteiger partial charge in [0, 0.05) is 25.2 Å². The Labute approximate surface area is 122 Å². The molecular formula is C17H26N2O. The molecule has 1 saturated carbocycles. The largest absolute Gasteiger partial charge is 0.399 e. The molecule has 2 unspecified atom stereocenters. The highest BCUT2D eigenvalue weighted by atomic mass is 16.2. The second-order valence-electron chi connectivity index (χ2n) is 6.17.